The molecule has 17 heavy (non-hydrogen) atoms. The number of rotatable bonds is 1. The van der Waals surface area contributed by atoms with Crippen LogP contribution in [0, 0.1) is 11.3 Å². The molecule has 1 fully saturated rings. The molecule has 0 spiro atoms. The lowest BCUT2D eigenvalue weighted by Crippen LogP contribution is -2.25. The van der Waals surface area contributed by atoms with E-state index in [-0.39, 0.29) is 0 Å². The summed E-state index contributed by atoms with van der Waals surface area (Å²) in [6, 6.07) is 0. The third-order valence-electron chi connectivity index (χ3n) is 4.02. The van der Waals surface area contributed by atoms with E-state index in [1.165, 1.54) is 25.7 Å². The molecule has 0 saturated heterocycles. The minimum Gasteiger partial charge on any atom is -0.256 e. The number of nitrogens with zero attached hydrogens (tertiary/aromatic N) is 2. The Labute approximate surface area is 109 Å². The maximum absolute atomic E-state index is 6.11. The van der Waals surface area contributed by atoms with E-state index in [4.69, 9.17) is 11.6 Å². The summed E-state index contributed by atoms with van der Waals surface area (Å²) in [5.74, 6) is 1.34. The Morgan fingerprint density at radius 2 is 1.65 bits per heavy atom. The molecule has 1 heterocycles. The smallest absolute Gasteiger partial charge is 0.150 e. The van der Waals surface area contributed by atoms with Crippen LogP contribution in [0.3, 0.4) is 0 Å². The molecule has 1 aromatic rings. The van der Waals surface area contributed by atoms with Crippen LogP contribution in [0.4, 0.5) is 0 Å². The van der Waals surface area contributed by atoms with E-state index in [1.807, 2.05) is 0 Å². The van der Waals surface area contributed by atoms with Crippen LogP contribution in [0.25, 0.3) is 0 Å². The average Bonchev–Trinajstić information content (AvgIpc) is 2.29. The Hall–Kier alpha value is -0.630. The van der Waals surface area contributed by atoms with Gasteiger partial charge in [-0.2, -0.15) is 0 Å². The lowest BCUT2D eigenvalue weighted by Gasteiger charge is -2.36. The fourth-order valence-electron chi connectivity index (χ4n) is 2.84. The van der Waals surface area contributed by atoms with Crippen LogP contribution < -0.4 is 0 Å². The summed E-state index contributed by atoms with van der Waals surface area (Å²) in [6.45, 7) is 7.02. The highest BCUT2D eigenvalue weighted by Gasteiger charge is 2.31. The van der Waals surface area contributed by atoms with Gasteiger partial charge in [0.25, 0.3) is 0 Å². The van der Waals surface area contributed by atoms with Gasteiger partial charge in [-0.05, 0) is 37.0 Å². The van der Waals surface area contributed by atoms with Crippen molar-refractivity contribution in [2.75, 3.05) is 0 Å². The van der Waals surface area contributed by atoms with Crippen LogP contribution in [0.2, 0.25) is 5.15 Å². The Bertz CT molecular complexity index is 376. The van der Waals surface area contributed by atoms with E-state index in [0.29, 0.717) is 16.5 Å². The second-order valence-electron chi connectivity index (χ2n) is 6.15. The highest BCUT2D eigenvalue weighted by molar-refractivity contribution is 6.30. The largest absolute Gasteiger partial charge is 0.256 e. The topological polar surface area (TPSA) is 25.8 Å². The van der Waals surface area contributed by atoms with E-state index < -0.39 is 0 Å². The summed E-state index contributed by atoms with van der Waals surface area (Å²) in [5.41, 5.74) is 1.43. The SMILES string of the molecule is CC(C)(C)C1CCC(c2nccnc2Cl)CC1. The molecule has 0 bridgehead atoms. The van der Waals surface area contributed by atoms with E-state index in [1.54, 1.807) is 12.4 Å². The van der Waals surface area contributed by atoms with Gasteiger partial charge in [-0.25, -0.2) is 4.98 Å². The van der Waals surface area contributed by atoms with Gasteiger partial charge in [0.05, 0.1) is 5.69 Å². The Morgan fingerprint density at radius 1 is 1.06 bits per heavy atom. The van der Waals surface area contributed by atoms with Gasteiger partial charge in [-0.15, -0.1) is 0 Å². The highest BCUT2D eigenvalue weighted by Crippen LogP contribution is 2.43. The number of aromatic nitrogens is 2. The van der Waals surface area contributed by atoms with E-state index in [0.717, 1.165) is 11.6 Å². The van der Waals surface area contributed by atoms with Crippen molar-refractivity contribution in [3.8, 4) is 0 Å². The highest BCUT2D eigenvalue weighted by atomic mass is 35.5. The van der Waals surface area contributed by atoms with Crippen molar-refractivity contribution >= 4 is 11.6 Å². The standard InChI is InChI=1S/C14H21ClN2/c1-14(2,3)11-6-4-10(5-7-11)12-13(15)17-9-8-16-12/h8-11H,4-7H2,1-3H3. The lowest BCUT2D eigenvalue weighted by atomic mass is 9.69. The van der Waals surface area contributed by atoms with Crippen molar-refractivity contribution in [2.45, 2.75) is 52.4 Å². The minimum atomic E-state index is 0.428. The summed E-state index contributed by atoms with van der Waals surface area (Å²) < 4.78 is 0. The van der Waals surface area contributed by atoms with Crippen molar-refractivity contribution in [1.82, 2.24) is 9.97 Å². The third kappa shape index (κ3) is 2.98. The van der Waals surface area contributed by atoms with Crippen molar-refractivity contribution < 1.29 is 0 Å². The molecule has 1 aliphatic rings. The van der Waals surface area contributed by atoms with Crippen LogP contribution >= 0.6 is 11.6 Å². The first-order valence-electron chi connectivity index (χ1n) is 6.45. The van der Waals surface area contributed by atoms with Crippen molar-refractivity contribution in [2.24, 2.45) is 11.3 Å². The molecule has 1 aromatic heterocycles. The molecule has 1 saturated carbocycles. The van der Waals surface area contributed by atoms with Gasteiger partial charge in [0, 0.05) is 18.3 Å². The molecule has 1 aliphatic carbocycles. The normalized spacial score (nSPS) is 25.9. The lowest BCUT2D eigenvalue weighted by molar-refractivity contribution is 0.168. The first-order valence-corrected chi connectivity index (χ1v) is 6.82. The quantitative estimate of drug-likeness (QED) is 0.738. The second-order valence-corrected chi connectivity index (χ2v) is 6.50. The van der Waals surface area contributed by atoms with Crippen LogP contribution in [0.15, 0.2) is 12.4 Å². The molecule has 0 amide bonds. The molecule has 0 radical (unpaired) electrons. The van der Waals surface area contributed by atoms with Gasteiger partial charge in [-0.3, -0.25) is 4.98 Å². The number of halogens is 1. The first-order chi connectivity index (χ1) is 7.98. The van der Waals surface area contributed by atoms with Crippen LogP contribution in [0.1, 0.15) is 58.1 Å². The molecule has 94 valence electrons. The summed E-state index contributed by atoms with van der Waals surface area (Å²) in [5, 5.41) is 0.590. The zero-order valence-corrected chi connectivity index (χ0v) is 11.7. The van der Waals surface area contributed by atoms with Crippen LogP contribution in [-0.4, -0.2) is 9.97 Å². The van der Waals surface area contributed by atoms with Crippen molar-refractivity contribution in [1.29, 1.82) is 0 Å². The minimum absolute atomic E-state index is 0.428. The summed E-state index contributed by atoms with van der Waals surface area (Å²) in [4.78, 5) is 8.52. The molecule has 0 aliphatic heterocycles. The predicted octanol–water partition coefficient (Wildman–Crippen LogP) is 4.45. The molecule has 0 unspecified atom stereocenters. The van der Waals surface area contributed by atoms with E-state index in [9.17, 15) is 0 Å². The molecule has 3 heteroatoms. The monoisotopic (exact) mass is 252 g/mol. The van der Waals surface area contributed by atoms with Gasteiger partial charge in [0.2, 0.25) is 0 Å². The zero-order valence-electron chi connectivity index (χ0n) is 10.9. The maximum Gasteiger partial charge on any atom is 0.150 e. The fraction of sp³-hybridized carbons (Fsp3) is 0.714. The van der Waals surface area contributed by atoms with Gasteiger partial charge in [0.1, 0.15) is 0 Å². The van der Waals surface area contributed by atoms with Gasteiger partial charge in [-0.1, -0.05) is 32.4 Å². The van der Waals surface area contributed by atoms with E-state index >= 15 is 0 Å². The summed E-state index contributed by atoms with van der Waals surface area (Å²) >= 11 is 6.11. The molecular formula is C14H21ClN2. The average molecular weight is 253 g/mol. The molecule has 0 N–H and O–H groups in total. The van der Waals surface area contributed by atoms with Gasteiger partial charge < -0.3 is 0 Å². The molecule has 2 rings (SSSR count). The number of hydrogen-bond donors (Lipinski definition) is 0. The molecule has 0 atom stereocenters. The zero-order chi connectivity index (χ0) is 12.5. The van der Waals surface area contributed by atoms with E-state index in [2.05, 4.69) is 30.7 Å². The predicted molar refractivity (Wildman–Crippen MR) is 71.2 cm³/mol. The van der Waals surface area contributed by atoms with Crippen LogP contribution in [0.5, 0.6) is 0 Å². The Balaban J connectivity index is 2.03. The first kappa shape index (κ1) is 12.8. The van der Waals surface area contributed by atoms with Crippen molar-refractivity contribution in [3.63, 3.8) is 0 Å². The summed E-state index contributed by atoms with van der Waals surface area (Å²) in [6.07, 6.45) is 8.35. The molecule has 2 nitrogen and oxygen atoms in total. The molecular weight excluding hydrogens is 232 g/mol. The third-order valence-corrected chi connectivity index (χ3v) is 4.31. The summed E-state index contributed by atoms with van der Waals surface area (Å²) in [7, 11) is 0. The van der Waals surface area contributed by atoms with Crippen molar-refractivity contribution in [3.05, 3.63) is 23.2 Å². The Kier molecular flexibility index (Phi) is 3.72. The fourth-order valence-corrected chi connectivity index (χ4v) is 3.10. The maximum atomic E-state index is 6.11. The van der Waals surface area contributed by atoms with Crippen LogP contribution in [-0.2, 0) is 0 Å². The second kappa shape index (κ2) is 4.93. The van der Waals surface area contributed by atoms with Gasteiger partial charge >= 0.3 is 0 Å². The molecule has 0 aromatic carbocycles. The number of hydrogen-bond acceptors (Lipinski definition) is 2. The van der Waals surface area contributed by atoms with Gasteiger partial charge in [0.15, 0.2) is 5.15 Å². The Morgan fingerprint density at radius 3 is 2.18 bits per heavy atom.